The molecule has 1 N–H and O–H groups in total. The Labute approximate surface area is 285 Å². The fraction of sp³-hybridized carbons (Fsp3) is 0. The molecule has 0 amide bonds. The van der Waals surface area contributed by atoms with Crippen LogP contribution in [0.5, 0.6) is 0 Å². The summed E-state index contributed by atoms with van der Waals surface area (Å²) < 4.78 is 0. The van der Waals surface area contributed by atoms with Crippen molar-refractivity contribution in [1.82, 2.24) is 15.0 Å². The molecule has 9 rings (SSSR count). The fourth-order valence-electron chi connectivity index (χ4n) is 6.84. The van der Waals surface area contributed by atoms with E-state index in [1.807, 2.05) is 12.3 Å². The Morgan fingerprint density at radius 1 is 0.327 bits per heavy atom. The van der Waals surface area contributed by atoms with Gasteiger partial charge < -0.3 is 4.98 Å². The molecule has 0 fully saturated rings. The van der Waals surface area contributed by atoms with Gasteiger partial charge in [-0.05, 0) is 81.9 Å². The van der Waals surface area contributed by atoms with Crippen LogP contribution in [-0.4, -0.2) is 15.0 Å². The number of aromatic amines is 1. The molecule has 0 saturated heterocycles. The summed E-state index contributed by atoms with van der Waals surface area (Å²) in [4.78, 5) is 14.1. The molecule has 3 heteroatoms. The molecular weight excluding hydrogens is 595 g/mol. The van der Waals surface area contributed by atoms with Crippen molar-refractivity contribution in [2.24, 2.45) is 0 Å². The van der Waals surface area contributed by atoms with Gasteiger partial charge in [-0.1, -0.05) is 127 Å². The third-order valence-corrected chi connectivity index (χ3v) is 9.27. The van der Waals surface area contributed by atoms with Crippen LogP contribution >= 0.6 is 0 Å². The van der Waals surface area contributed by atoms with E-state index in [1.54, 1.807) is 0 Å². The molecule has 6 aromatic carbocycles. The minimum Gasteiger partial charge on any atom is -0.353 e. The number of nitrogens with zero attached hydrogens (tertiary/aromatic N) is 2. The van der Waals surface area contributed by atoms with Gasteiger partial charge in [-0.2, -0.15) is 0 Å². The van der Waals surface area contributed by atoms with Crippen molar-refractivity contribution in [3.8, 4) is 67.2 Å². The first-order valence-electron chi connectivity index (χ1n) is 16.6. The Morgan fingerprint density at radius 2 is 0.796 bits per heavy atom. The Balaban J connectivity index is 1.34. The van der Waals surface area contributed by atoms with E-state index in [2.05, 4.69) is 175 Å². The first-order valence-corrected chi connectivity index (χ1v) is 16.6. The van der Waals surface area contributed by atoms with Crippen molar-refractivity contribution < 1.29 is 0 Å². The van der Waals surface area contributed by atoms with E-state index in [-0.39, 0.29) is 0 Å². The number of benzene rings is 6. The molecule has 0 radical (unpaired) electrons. The quantitative estimate of drug-likeness (QED) is 0.200. The molecule has 0 atom stereocenters. The highest BCUT2D eigenvalue weighted by Crippen LogP contribution is 2.42. The van der Waals surface area contributed by atoms with E-state index in [1.165, 1.54) is 0 Å². The number of nitrogens with one attached hydrogen (secondary N) is 1. The predicted octanol–water partition coefficient (Wildman–Crippen LogP) is 12.1. The molecule has 0 aliphatic heterocycles. The monoisotopic (exact) mass is 625 g/mol. The summed E-state index contributed by atoms with van der Waals surface area (Å²) in [6, 6.07) is 61.8. The zero-order chi connectivity index (χ0) is 32.6. The van der Waals surface area contributed by atoms with Gasteiger partial charge in [0.1, 0.15) is 0 Å². The summed E-state index contributed by atoms with van der Waals surface area (Å²) in [5.41, 5.74) is 15.0. The molecule has 3 nitrogen and oxygen atoms in total. The maximum absolute atomic E-state index is 5.23. The van der Waals surface area contributed by atoms with Gasteiger partial charge in [0.2, 0.25) is 0 Å². The lowest BCUT2D eigenvalue weighted by Crippen LogP contribution is -1.90. The molecular formula is C46H31N3. The molecule has 0 aliphatic rings. The minimum atomic E-state index is 0.921. The third kappa shape index (κ3) is 5.38. The van der Waals surface area contributed by atoms with Crippen molar-refractivity contribution in [3.63, 3.8) is 0 Å². The molecule has 0 spiro atoms. The second-order valence-corrected chi connectivity index (χ2v) is 12.3. The molecule has 0 saturated carbocycles. The highest BCUT2D eigenvalue weighted by Gasteiger charge is 2.19. The lowest BCUT2D eigenvalue weighted by Gasteiger charge is -2.10. The zero-order valence-corrected chi connectivity index (χ0v) is 26.7. The number of rotatable bonds is 6. The molecule has 49 heavy (non-hydrogen) atoms. The average molecular weight is 626 g/mol. The molecule has 0 aliphatic carbocycles. The van der Waals surface area contributed by atoms with Crippen LogP contribution in [0.4, 0.5) is 0 Å². The van der Waals surface area contributed by atoms with Gasteiger partial charge in [0.25, 0.3) is 0 Å². The van der Waals surface area contributed by atoms with E-state index in [4.69, 9.17) is 9.97 Å². The van der Waals surface area contributed by atoms with Gasteiger partial charge in [0.15, 0.2) is 0 Å². The molecule has 0 bridgehead atoms. The van der Waals surface area contributed by atoms with Crippen LogP contribution in [0.15, 0.2) is 182 Å². The van der Waals surface area contributed by atoms with Crippen LogP contribution in [0.25, 0.3) is 89.0 Å². The van der Waals surface area contributed by atoms with Crippen LogP contribution in [0.2, 0.25) is 0 Å². The standard InChI is InChI=1S/C46H31N3/c1-5-14-31(15-6-1)35-24-25-47-44(30-35)41-29-37(33-18-9-3-10-19-33)27-39-38-26-36(32-16-7-2-8-17-32)28-40(45(38)49-46(39)41)43-23-13-22-42(48-43)34-20-11-4-12-21-34/h1-30,49H. The van der Waals surface area contributed by atoms with Gasteiger partial charge in [-0.3, -0.25) is 4.98 Å². The van der Waals surface area contributed by atoms with Crippen LogP contribution in [0.1, 0.15) is 0 Å². The smallest absolute Gasteiger partial charge is 0.0730 e. The highest BCUT2D eigenvalue weighted by atomic mass is 14.8. The lowest BCUT2D eigenvalue weighted by atomic mass is 9.94. The minimum absolute atomic E-state index is 0.921. The van der Waals surface area contributed by atoms with Gasteiger partial charge in [-0.15, -0.1) is 0 Å². The number of pyridine rings is 2. The number of H-pyrrole nitrogens is 1. The number of fused-ring (bicyclic) bond motifs is 3. The summed E-state index contributed by atoms with van der Waals surface area (Å²) >= 11 is 0. The highest BCUT2D eigenvalue weighted by molar-refractivity contribution is 6.17. The summed E-state index contributed by atoms with van der Waals surface area (Å²) in [7, 11) is 0. The number of hydrogen-bond acceptors (Lipinski definition) is 2. The fourth-order valence-corrected chi connectivity index (χ4v) is 6.84. The van der Waals surface area contributed by atoms with Gasteiger partial charge in [-0.25, -0.2) is 4.98 Å². The maximum Gasteiger partial charge on any atom is 0.0730 e. The molecule has 3 heterocycles. The second-order valence-electron chi connectivity index (χ2n) is 12.3. The summed E-state index contributed by atoms with van der Waals surface area (Å²) in [5.74, 6) is 0. The average Bonchev–Trinajstić information content (AvgIpc) is 3.57. The van der Waals surface area contributed by atoms with Crippen LogP contribution in [0.3, 0.4) is 0 Å². The van der Waals surface area contributed by atoms with Crippen molar-refractivity contribution in [3.05, 3.63) is 182 Å². The van der Waals surface area contributed by atoms with Gasteiger partial charge in [0.05, 0.1) is 28.1 Å². The first-order chi connectivity index (χ1) is 24.3. The Morgan fingerprint density at radius 3 is 1.35 bits per heavy atom. The van der Waals surface area contributed by atoms with E-state index < -0.39 is 0 Å². The normalized spacial score (nSPS) is 11.3. The van der Waals surface area contributed by atoms with E-state index in [0.717, 1.165) is 89.0 Å². The van der Waals surface area contributed by atoms with E-state index >= 15 is 0 Å². The Bertz CT molecular complexity index is 2390. The first kappa shape index (κ1) is 28.6. The molecule has 230 valence electrons. The summed E-state index contributed by atoms with van der Waals surface area (Å²) in [6.07, 6.45) is 1.92. The SMILES string of the molecule is c1ccc(-c2ccnc(-c3cc(-c4ccccc4)cc4c3[nH]c3c(-c5cccc(-c6ccccc6)n5)cc(-c5ccccc5)cc34)c2)cc1. The zero-order valence-electron chi connectivity index (χ0n) is 26.7. The maximum atomic E-state index is 5.23. The largest absolute Gasteiger partial charge is 0.353 e. The van der Waals surface area contributed by atoms with Crippen molar-refractivity contribution >= 4 is 21.8 Å². The number of aromatic nitrogens is 3. The van der Waals surface area contributed by atoms with Crippen LogP contribution in [0, 0.1) is 0 Å². The number of hydrogen-bond donors (Lipinski definition) is 1. The van der Waals surface area contributed by atoms with E-state index in [0.29, 0.717) is 0 Å². The lowest BCUT2D eigenvalue weighted by molar-refractivity contribution is 1.32. The summed E-state index contributed by atoms with van der Waals surface area (Å²) in [5, 5.41) is 2.30. The van der Waals surface area contributed by atoms with Crippen LogP contribution in [-0.2, 0) is 0 Å². The third-order valence-electron chi connectivity index (χ3n) is 9.27. The topological polar surface area (TPSA) is 41.6 Å². The van der Waals surface area contributed by atoms with Gasteiger partial charge >= 0.3 is 0 Å². The Kier molecular flexibility index (Phi) is 7.14. The van der Waals surface area contributed by atoms with Crippen molar-refractivity contribution in [2.45, 2.75) is 0 Å². The van der Waals surface area contributed by atoms with Crippen LogP contribution < -0.4 is 0 Å². The predicted molar refractivity (Wildman–Crippen MR) is 204 cm³/mol. The molecule has 9 aromatic rings. The Hall–Kier alpha value is -6.58. The van der Waals surface area contributed by atoms with Crippen molar-refractivity contribution in [2.75, 3.05) is 0 Å². The second kappa shape index (κ2) is 12.2. The van der Waals surface area contributed by atoms with E-state index in [9.17, 15) is 0 Å². The molecule has 3 aromatic heterocycles. The summed E-state index contributed by atoms with van der Waals surface area (Å²) in [6.45, 7) is 0. The van der Waals surface area contributed by atoms with Crippen molar-refractivity contribution in [1.29, 1.82) is 0 Å². The molecule has 0 unspecified atom stereocenters. The van der Waals surface area contributed by atoms with Gasteiger partial charge in [0, 0.05) is 33.7 Å².